The normalized spacial score (nSPS) is 13.1. The number of nitrogens with zero attached hydrogens (tertiary/aromatic N) is 2. The summed E-state index contributed by atoms with van der Waals surface area (Å²) in [5.41, 5.74) is 8.63. The monoisotopic (exact) mass is 263 g/mol. The van der Waals surface area contributed by atoms with E-state index >= 15 is 0 Å². The van der Waals surface area contributed by atoms with E-state index in [1.54, 1.807) is 0 Å². The third kappa shape index (κ3) is 5.21. The van der Waals surface area contributed by atoms with Crippen LogP contribution in [-0.2, 0) is 0 Å². The molecule has 0 aliphatic heterocycles. The van der Waals surface area contributed by atoms with E-state index in [-0.39, 0.29) is 6.04 Å². The summed E-state index contributed by atoms with van der Waals surface area (Å²) in [6.07, 6.45) is 0. The lowest BCUT2D eigenvalue weighted by atomic mass is 10.0. The second kappa shape index (κ2) is 7.51. The molecule has 19 heavy (non-hydrogen) atoms. The minimum Gasteiger partial charge on any atom is -0.370 e. The van der Waals surface area contributed by atoms with Crippen LogP contribution < -0.4 is 10.6 Å². The molecule has 1 unspecified atom stereocenters. The summed E-state index contributed by atoms with van der Waals surface area (Å²) in [6, 6.07) is 8.58. The van der Waals surface area contributed by atoms with Gasteiger partial charge in [-0.15, -0.1) is 0 Å². The molecule has 0 radical (unpaired) electrons. The van der Waals surface area contributed by atoms with Crippen LogP contribution in [0.15, 0.2) is 24.3 Å². The molecule has 3 heteroatoms. The van der Waals surface area contributed by atoms with E-state index in [0.717, 1.165) is 19.6 Å². The van der Waals surface area contributed by atoms with Crippen molar-refractivity contribution in [2.24, 2.45) is 11.7 Å². The van der Waals surface area contributed by atoms with Crippen LogP contribution in [0.4, 0.5) is 5.69 Å². The average Bonchev–Trinajstić information content (AvgIpc) is 2.33. The van der Waals surface area contributed by atoms with Gasteiger partial charge in [-0.25, -0.2) is 0 Å². The Balaban J connectivity index is 2.95. The third-order valence-corrected chi connectivity index (χ3v) is 3.17. The highest BCUT2D eigenvalue weighted by atomic mass is 15.2. The topological polar surface area (TPSA) is 32.5 Å². The first-order chi connectivity index (χ1) is 8.91. The van der Waals surface area contributed by atoms with Crippen LogP contribution in [0.2, 0.25) is 0 Å². The van der Waals surface area contributed by atoms with Crippen LogP contribution in [0.5, 0.6) is 0 Å². The van der Waals surface area contributed by atoms with Gasteiger partial charge in [-0.1, -0.05) is 32.0 Å². The number of hydrogen-bond donors (Lipinski definition) is 1. The second-order valence-corrected chi connectivity index (χ2v) is 5.99. The van der Waals surface area contributed by atoms with Crippen molar-refractivity contribution in [3.05, 3.63) is 29.8 Å². The van der Waals surface area contributed by atoms with Gasteiger partial charge in [-0.2, -0.15) is 0 Å². The van der Waals surface area contributed by atoms with Crippen molar-refractivity contribution in [3.63, 3.8) is 0 Å². The Morgan fingerprint density at radius 1 is 1.05 bits per heavy atom. The summed E-state index contributed by atoms with van der Waals surface area (Å²) < 4.78 is 0. The first kappa shape index (κ1) is 16.0. The van der Waals surface area contributed by atoms with Crippen LogP contribution in [0.3, 0.4) is 0 Å². The van der Waals surface area contributed by atoms with Crippen molar-refractivity contribution >= 4 is 5.69 Å². The van der Waals surface area contributed by atoms with Crippen LogP contribution in [0, 0.1) is 5.92 Å². The smallest absolute Gasteiger partial charge is 0.0415 e. The number of anilines is 1. The maximum Gasteiger partial charge on any atom is 0.0415 e. The van der Waals surface area contributed by atoms with Crippen LogP contribution >= 0.6 is 0 Å². The molecule has 1 aromatic rings. The Morgan fingerprint density at radius 3 is 2.21 bits per heavy atom. The predicted molar refractivity (Wildman–Crippen MR) is 84.6 cm³/mol. The van der Waals surface area contributed by atoms with E-state index in [2.05, 4.69) is 68.9 Å². The summed E-state index contributed by atoms with van der Waals surface area (Å²) in [5, 5.41) is 0. The molecule has 0 saturated heterocycles. The lowest BCUT2D eigenvalue weighted by Gasteiger charge is -2.30. The van der Waals surface area contributed by atoms with E-state index in [4.69, 9.17) is 5.73 Å². The molecule has 0 heterocycles. The molecule has 0 amide bonds. The molecule has 0 spiro atoms. The highest BCUT2D eigenvalue weighted by molar-refractivity contribution is 5.55. The molecule has 2 N–H and O–H groups in total. The fraction of sp³-hybridized carbons (Fsp3) is 0.625. The number of likely N-dealkylation sites (N-methyl/N-ethyl adjacent to an activating group) is 1. The van der Waals surface area contributed by atoms with Crippen molar-refractivity contribution in [3.8, 4) is 0 Å². The fourth-order valence-corrected chi connectivity index (χ4v) is 2.23. The van der Waals surface area contributed by atoms with Crippen LogP contribution in [-0.4, -0.2) is 38.6 Å². The molecule has 0 aliphatic rings. The largest absolute Gasteiger partial charge is 0.370 e. The maximum absolute atomic E-state index is 6.10. The summed E-state index contributed by atoms with van der Waals surface area (Å²) in [5.74, 6) is 0.642. The van der Waals surface area contributed by atoms with Gasteiger partial charge < -0.3 is 15.5 Å². The van der Waals surface area contributed by atoms with Crippen molar-refractivity contribution in [2.75, 3.05) is 38.6 Å². The standard InChI is InChI=1S/C16H29N3/c1-13(2)12-19(11-10-18(4)5)16-9-7-6-8-15(16)14(3)17/h6-9,13-14H,10-12,17H2,1-5H3. The van der Waals surface area contributed by atoms with Gasteiger partial charge in [-0.3, -0.25) is 0 Å². The van der Waals surface area contributed by atoms with Gasteiger partial charge in [0.25, 0.3) is 0 Å². The summed E-state index contributed by atoms with van der Waals surface area (Å²) in [6.45, 7) is 9.74. The zero-order valence-electron chi connectivity index (χ0n) is 13.1. The molecule has 0 aliphatic carbocycles. The van der Waals surface area contributed by atoms with Crippen molar-refractivity contribution < 1.29 is 0 Å². The third-order valence-electron chi connectivity index (χ3n) is 3.17. The highest BCUT2D eigenvalue weighted by Crippen LogP contribution is 2.25. The molecule has 0 saturated carbocycles. The summed E-state index contributed by atoms with van der Waals surface area (Å²) >= 11 is 0. The zero-order chi connectivity index (χ0) is 14.4. The quantitative estimate of drug-likeness (QED) is 0.821. The molecular formula is C16H29N3. The Hall–Kier alpha value is -1.06. The first-order valence-electron chi connectivity index (χ1n) is 7.16. The molecule has 1 rings (SSSR count). The number of rotatable bonds is 7. The Kier molecular flexibility index (Phi) is 6.32. The lowest BCUT2D eigenvalue weighted by Crippen LogP contribution is -2.35. The zero-order valence-corrected chi connectivity index (χ0v) is 13.1. The average molecular weight is 263 g/mol. The number of benzene rings is 1. The van der Waals surface area contributed by atoms with E-state index in [9.17, 15) is 0 Å². The van der Waals surface area contributed by atoms with E-state index in [0.29, 0.717) is 5.92 Å². The molecule has 0 aromatic heterocycles. The fourth-order valence-electron chi connectivity index (χ4n) is 2.23. The van der Waals surface area contributed by atoms with Gasteiger partial charge in [0.15, 0.2) is 0 Å². The molecule has 108 valence electrons. The van der Waals surface area contributed by atoms with E-state index in [1.165, 1.54) is 11.3 Å². The Morgan fingerprint density at radius 2 is 1.68 bits per heavy atom. The Labute approximate surface area is 118 Å². The molecule has 1 aromatic carbocycles. The lowest BCUT2D eigenvalue weighted by molar-refractivity contribution is 0.408. The van der Waals surface area contributed by atoms with Gasteiger partial charge in [-0.05, 0) is 38.6 Å². The van der Waals surface area contributed by atoms with Gasteiger partial charge >= 0.3 is 0 Å². The van der Waals surface area contributed by atoms with Crippen molar-refractivity contribution in [1.29, 1.82) is 0 Å². The van der Waals surface area contributed by atoms with Gasteiger partial charge in [0.05, 0.1) is 0 Å². The van der Waals surface area contributed by atoms with Gasteiger partial charge in [0.2, 0.25) is 0 Å². The number of nitrogens with two attached hydrogens (primary N) is 1. The molecule has 3 nitrogen and oxygen atoms in total. The number of para-hydroxylation sites is 1. The number of hydrogen-bond acceptors (Lipinski definition) is 3. The van der Waals surface area contributed by atoms with Crippen LogP contribution in [0.1, 0.15) is 32.4 Å². The van der Waals surface area contributed by atoms with Gasteiger partial charge in [0.1, 0.15) is 0 Å². The first-order valence-corrected chi connectivity index (χ1v) is 7.16. The highest BCUT2D eigenvalue weighted by Gasteiger charge is 2.14. The summed E-state index contributed by atoms with van der Waals surface area (Å²) in [7, 11) is 4.23. The van der Waals surface area contributed by atoms with Gasteiger partial charge in [0, 0.05) is 31.4 Å². The Bertz CT molecular complexity index is 372. The maximum atomic E-state index is 6.10. The molecule has 0 bridgehead atoms. The van der Waals surface area contributed by atoms with Crippen molar-refractivity contribution in [2.45, 2.75) is 26.8 Å². The minimum atomic E-state index is 0.0743. The van der Waals surface area contributed by atoms with Crippen LogP contribution in [0.25, 0.3) is 0 Å². The molecule has 1 atom stereocenters. The SMILES string of the molecule is CC(C)CN(CCN(C)C)c1ccccc1C(C)N. The van der Waals surface area contributed by atoms with Crippen molar-refractivity contribution in [1.82, 2.24) is 4.90 Å². The summed E-state index contributed by atoms with van der Waals surface area (Å²) in [4.78, 5) is 4.69. The van der Waals surface area contributed by atoms with E-state index < -0.39 is 0 Å². The molecule has 0 fully saturated rings. The second-order valence-electron chi connectivity index (χ2n) is 5.99. The van der Waals surface area contributed by atoms with E-state index in [1.807, 2.05) is 0 Å². The minimum absolute atomic E-state index is 0.0743. The predicted octanol–water partition coefficient (Wildman–Crippen LogP) is 2.73. The molecular weight excluding hydrogens is 234 g/mol.